The first-order chi connectivity index (χ1) is 19.5. The Kier molecular flexibility index (Phi) is 57.9. The fourth-order valence-corrected chi connectivity index (χ4v) is 5.28. The molecule has 0 aliphatic heterocycles. The predicted molar refractivity (Wildman–Crippen MR) is 169 cm³/mol. The van der Waals surface area contributed by atoms with Gasteiger partial charge in [0.15, 0.2) is 0 Å². The molecule has 0 spiro atoms. The second-order valence-electron chi connectivity index (χ2n) is 12.1. The van der Waals surface area contributed by atoms with Crippen molar-refractivity contribution in [2.45, 2.75) is 219 Å². The second kappa shape index (κ2) is 47.6. The van der Waals surface area contributed by atoms with E-state index in [4.69, 9.17) is 0 Å². The van der Waals surface area contributed by atoms with Gasteiger partial charge in [-0.3, -0.25) is 0 Å². The average Bonchev–Trinajstić information content (AvgIpc) is 2.93. The smallest absolute Gasteiger partial charge is 0.550 e. The van der Waals surface area contributed by atoms with Gasteiger partial charge in [0.2, 0.25) is 0 Å². The van der Waals surface area contributed by atoms with Crippen molar-refractivity contribution in [3.8, 4) is 0 Å². The molecule has 0 heterocycles. The van der Waals surface area contributed by atoms with E-state index in [1.165, 1.54) is 167 Å². The summed E-state index contributed by atoms with van der Waals surface area (Å²) in [6.07, 6.45) is 39.7. The Labute approximate surface area is 348 Å². The van der Waals surface area contributed by atoms with E-state index in [0.29, 0.717) is 0 Å². The number of carbonyl (C=O) groups excluding carboxylic acids is 2. The number of aliphatic carboxylic acids is 2. The maximum atomic E-state index is 10.2. The zero-order valence-corrected chi connectivity index (χ0v) is 35.5. The summed E-state index contributed by atoms with van der Waals surface area (Å²) in [6.45, 7) is 4.53. The molecular weight excluding hydrogens is 575 g/mol. The Morgan fingerprint density at radius 1 is 0.310 bits per heavy atom. The summed E-state index contributed by atoms with van der Waals surface area (Å²) in [7, 11) is 0. The summed E-state index contributed by atoms with van der Waals surface area (Å²) >= 11 is 0. The molecule has 0 aliphatic rings. The van der Waals surface area contributed by atoms with Crippen LogP contribution in [0.2, 0.25) is 0 Å². The minimum atomic E-state index is -0.903. The van der Waals surface area contributed by atoms with E-state index < -0.39 is 11.9 Å². The molecule has 0 aromatic heterocycles. The number of hydrogen-bond acceptors (Lipinski definition) is 4. The van der Waals surface area contributed by atoms with Gasteiger partial charge in [0, 0.05) is 11.9 Å². The third kappa shape index (κ3) is 54.7. The van der Waals surface area contributed by atoms with Gasteiger partial charge < -0.3 is 19.8 Å². The molecule has 0 unspecified atom stereocenters. The Morgan fingerprint density at radius 3 is 0.595 bits per heavy atom. The molecule has 0 saturated heterocycles. The molecule has 0 aromatic carbocycles. The maximum absolute atomic E-state index is 10.2. The first-order valence-corrected chi connectivity index (χ1v) is 17.9. The molecule has 42 heavy (non-hydrogen) atoms. The van der Waals surface area contributed by atoms with Crippen LogP contribution in [0, 0.1) is 0 Å². The van der Waals surface area contributed by atoms with Gasteiger partial charge in [-0.15, -0.1) is 0 Å². The van der Waals surface area contributed by atoms with E-state index in [2.05, 4.69) is 13.8 Å². The fourth-order valence-electron chi connectivity index (χ4n) is 5.28. The van der Waals surface area contributed by atoms with E-state index in [0.717, 1.165) is 25.7 Å². The molecule has 0 radical (unpaired) electrons. The topological polar surface area (TPSA) is 80.3 Å². The molecule has 0 N–H and O–H groups in total. The van der Waals surface area contributed by atoms with Gasteiger partial charge in [0.25, 0.3) is 0 Å². The number of rotatable bonds is 32. The second-order valence-corrected chi connectivity index (χ2v) is 12.1. The number of unbranched alkanes of at least 4 members (excludes halogenated alkanes) is 28. The van der Waals surface area contributed by atoms with Gasteiger partial charge in [-0.05, 0) is 25.7 Å². The van der Waals surface area contributed by atoms with E-state index in [1.54, 1.807) is 0 Å². The van der Waals surface area contributed by atoms with Crippen LogP contribution in [0.5, 0.6) is 0 Å². The quantitative estimate of drug-likeness (QED) is 0.0819. The zero-order valence-electron chi connectivity index (χ0n) is 29.3. The number of carboxylic acids is 2. The molecule has 0 amide bonds. The molecule has 4 nitrogen and oxygen atoms in total. The van der Waals surface area contributed by atoms with Crippen LogP contribution < -0.4 is 113 Å². The average molecular weight is 645 g/mol. The maximum Gasteiger partial charge on any atom is 1.00 e. The SMILES string of the molecule is CCCCCCCCCCCCCCCCCC(=O)[O-].CCCCCCCCCCCCCCCCCC(=O)[O-].[K+].[K+]. The van der Waals surface area contributed by atoms with Crippen LogP contribution in [0.1, 0.15) is 219 Å². The van der Waals surface area contributed by atoms with Crippen LogP contribution in [0.25, 0.3) is 0 Å². The van der Waals surface area contributed by atoms with Crippen molar-refractivity contribution in [2.24, 2.45) is 0 Å². The summed E-state index contributed by atoms with van der Waals surface area (Å²) in [5.74, 6) is -1.81. The number of hydrogen-bond donors (Lipinski definition) is 0. The molecule has 0 rings (SSSR count). The third-order valence-corrected chi connectivity index (χ3v) is 7.97. The Hall–Kier alpha value is 2.21. The van der Waals surface area contributed by atoms with Crippen LogP contribution in [0.4, 0.5) is 0 Å². The van der Waals surface area contributed by atoms with Crippen LogP contribution in [-0.4, -0.2) is 11.9 Å². The monoisotopic (exact) mass is 644 g/mol. The molecule has 0 fully saturated rings. The van der Waals surface area contributed by atoms with Crippen molar-refractivity contribution >= 4 is 11.9 Å². The van der Waals surface area contributed by atoms with Crippen molar-refractivity contribution < 1.29 is 123 Å². The molecule has 0 atom stereocenters. The minimum Gasteiger partial charge on any atom is -0.550 e. The Morgan fingerprint density at radius 2 is 0.452 bits per heavy atom. The van der Waals surface area contributed by atoms with Crippen molar-refractivity contribution in [1.82, 2.24) is 0 Å². The molecular formula is C36H70K2O4. The van der Waals surface area contributed by atoms with Crippen LogP contribution >= 0.6 is 0 Å². The van der Waals surface area contributed by atoms with Crippen molar-refractivity contribution in [1.29, 1.82) is 0 Å². The molecule has 0 saturated carbocycles. The summed E-state index contributed by atoms with van der Waals surface area (Å²) in [4.78, 5) is 20.4. The fraction of sp³-hybridized carbons (Fsp3) is 0.944. The zero-order chi connectivity index (χ0) is 29.8. The van der Waals surface area contributed by atoms with E-state index >= 15 is 0 Å². The van der Waals surface area contributed by atoms with Gasteiger partial charge in [-0.25, -0.2) is 0 Å². The number of carbonyl (C=O) groups is 2. The van der Waals surface area contributed by atoms with Gasteiger partial charge in [-0.2, -0.15) is 0 Å². The molecule has 240 valence electrons. The van der Waals surface area contributed by atoms with Crippen LogP contribution in [0.15, 0.2) is 0 Å². The standard InChI is InChI=1S/2C18H36O2.2K/c2*1-2-3-4-5-6-7-8-9-10-11-12-13-14-15-16-17-18(19)20;;/h2*2-17H2,1H3,(H,19,20);;/q;;2*+1/p-2. The minimum absolute atomic E-state index is 0. The Bertz CT molecular complexity index is 459. The van der Waals surface area contributed by atoms with Crippen LogP contribution in [0.3, 0.4) is 0 Å². The summed E-state index contributed by atoms with van der Waals surface area (Å²) in [6, 6.07) is 0. The first-order valence-electron chi connectivity index (χ1n) is 17.9. The summed E-state index contributed by atoms with van der Waals surface area (Å²) in [5, 5.41) is 20.4. The molecule has 0 bridgehead atoms. The van der Waals surface area contributed by atoms with Gasteiger partial charge in [0.05, 0.1) is 0 Å². The molecule has 0 aromatic rings. The van der Waals surface area contributed by atoms with Crippen molar-refractivity contribution in [3.05, 3.63) is 0 Å². The van der Waals surface area contributed by atoms with E-state index in [1.807, 2.05) is 0 Å². The van der Waals surface area contributed by atoms with Gasteiger partial charge >= 0.3 is 103 Å². The normalized spacial score (nSPS) is 10.3. The predicted octanol–water partition coefficient (Wildman–Crippen LogP) is 4.00. The summed E-state index contributed by atoms with van der Waals surface area (Å²) < 4.78 is 0. The summed E-state index contributed by atoms with van der Waals surface area (Å²) in [5.41, 5.74) is 0. The third-order valence-electron chi connectivity index (χ3n) is 7.97. The Balaban J connectivity index is -0.000000328. The first kappa shape index (κ1) is 51.1. The van der Waals surface area contributed by atoms with Crippen molar-refractivity contribution in [2.75, 3.05) is 0 Å². The largest absolute Gasteiger partial charge is 1.00 e. The number of carboxylic acid groups (broad SMARTS) is 2. The van der Waals surface area contributed by atoms with Gasteiger partial charge in [0.1, 0.15) is 0 Å². The molecule has 6 heteroatoms. The van der Waals surface area contributed by atoms with E-state index in [-0.39, 0.29) is 116 Å². The van der Waals surface area contributed by atoms with Crippen molar-refractivity contribution in [3.63, 3.8) is 0 Å². The van der Waals surface area contributed by atoms with Crippen LogP contribution in [-0.2, 0) is 9.59 Å². The van der Waals surface area contributed by atoms with Gasteiger partial charge in [-0.1, -0.05) is 194 Å². The van der Waals surface area contributed by atoms with E-state index in [9.17, 15) is 19.8 Å². The molecule has 0 aliphatic carbocycles.